The second-order valence-electron chi connectivity index (χ2n) is 5.02. The Bertz CT molecular complexity index is 1070. The number of methoxy groups -OCH3 is 1. The van der Waals surface area contributed by atoms with Crippen molar-refractivity contribution in [3.05, 3.63) is 57.7 Å². The van der Waals surface area contributed by atoms with Gasteiger partial charge in [-0.2, -0.15) is 0 Å². The number of hydrogen-bond acceptors (Lipinski definition) is 5. The SMILES string of the molecule is COc1ccc(Br)cc1C=CS(=O)(=O)Nc1ccc(F)cc1S(N)(=O)=O. The van der Waals surface area contributed by atoms with Gasteiger partial charge in [0.05, 0.1) is 18.2 Å². The van der Waals surface area contributed by atoms with Crippen LogP contribution in [0.25, 0.3) is 6.08 Å². The van der Waals surface area contributed by atoms with Crippen molar-refractivity contribution >= 4 is 47.7 Å². The Hall–Kier alpha value is -1.95. The molecule has 140 valence electrons. The second-order valence-corrected chi connectivity index (χ2v) is 9.03. The molecule has 0 aliphatic carbocycles. The van der Waals surface area contributed by atoms with E-state index in [0.29, 0.717) is 21.9 Å². The fourth-order valence-electron chi connectivity index (χ4n) is 2.00. The van der Waals surface area contributed by atoms with E-state index in [1.165, 1.54) is 13.2 Å². The Kier molecular flexibility index (Phi) is 6.06. The predicted molar refractivity (Wildman–Crippen MR) is 100 cm³/mol. The van der Waals surface area contributed by atoms with E-state index in [9.17, 15) is 21.2 Å². The maximum absolute atomic E-state index is 13.3. The van der Waals surface area contributed by atoms with Crippen LogP contribution in [-0.4, -0.2) is 23.9 Å². The zero-order chi connectivity index (χ0) is 19.5. The van der Waals surface area contributed by atoms with Gasteiger partial charge in [0.25, 0.3) is 10.0 Å². The highest BCUT2D eigenvalue weighted by molar-refractivity contribution is 9.10. The summed E-state index contributed by atoms with van der Waals surface area (Å²) in [7, 11) is -7.00. The van der Waals surface area contributed by atoms with Crippen LogP contribution in [0.4, 0.5) is 10.1 Å². The Labute approximate surface area is 158 Å². The number of primary sulfonamides is 1. The van der Waals surface area contributed by atoms with Crippen LogP contribution in [0.2, 0.25) is 0 Å². The third-order valence-electron chi connectivity index (χ3n) is 3.12. The van der Waals surface area contributed by atoms with Crippen molar-refractivity contribution in [3.8, 4) is 5.75 Å². The summed E-state index contributed by atoms with van der Waals surface area (Å²) in [5.41, 5.74) is 0.109. The molecule has 2 rings (SSSR count). The molecule has 0 bridgehead atoms. The summed E-state index contributed by atoms with van der Waals surface area (Å²) in [5.74, 6) is -0.432. The number of nitrogens with two attached hydrogens (primary N) is 1. The van der Waals surface area contributed by atoms with Gasteiger partial charge in [0, 0.05) is 10.0 Å². The fourth-order valence-corrected chi connectivity index (χ4v) is 4.03. The molecule has 7 nitrogen and oxygen atoms in total. The lowest BCUT2D eigenvalue weighted by atomic mass is 10.2. The lowest BCUT2D eigenvalue weighted by Crippen LogP contribution is -2.17. The van der Waals surface area contributed by atoms with Crippen LogP contribution >= 0.6 is 15.9 Å². The first-order chi connectivity index (χ1) is 12.0. The van der Waals surface area contributed by atoms with Crippen molar-refractivity contribution in [2.24, 2.45) is 5.14 Å². The lowest BCUT2D eigenvalue weighted by Gasteiger charge is -2.10. The maximum atomic E-state index is 13.3. The third-order valence-corrected chi connectivity index (χ3v) is 5.56. The first-order valence-corrected chi connectivity index (χ1v) is 10.8. The fraction of sp³-hybridized carbons (Fsp3) is 0.0667. The van der Waals surface area contributed by atoms with Crippen LogP contribution in [0, 0.1) is 5.82 Å². The molecule has 0 aliphatic heterocycles. The van der Waals surface area contributed by atoms with Gasteiger partial charge >= 0.3 is 0 Å². The molecule has 0 amide bonds. The lowest BCUT2D eigenvalue weighted by molar-refractivity contribution is 0.414. The number of sulfonamides is 2. The van der Waals surface area contributed by atoms with Crippen molar-refractivity contribution in [3.63, 3.8) is 0 Å². The van der Waals surface area contributed by atoms with Crippen molar-refractivity contribution in [2.75, 3.05) is 11.8 Å². The largest absolute Gasteiger partial charge is 0.496 e. The Morgan fingerprint density at radius 2 is 1.85 bits per heavy atom. The summed E-state index contributed by atoms with van der Waals surface area (Å²) >= 11 is 3.27. The number of halogens is 2. The molecule has 0 saturated heterocycles. The first-order valence-electron chi connectivity index (χ1n) is 6.88. The van der Waals surface area contributed by atoms with Crippen LogP contribution in [0.3, 0.4) is 0 Å². The molecule has 2 aromatic carbocycles. The van der Waals surface area contributed by atoms with Gasteiger partial charge in [-0.25, -0.2) is 26.4 Å². The molecule has 0 heterocycles. The number of anilines is 1. The Morgan fingerprint density at radius 3 is 2.46 bits per heavy atom. The van der Waals surface area contributed by atoms with Gasteiger partial charge in [0.1, 0.15) is 16.5 Å². The number of nitrogens with one attached hydrogen (secondary N) is 1. The highest BCUT2D eigenvalue weighted by atomic mass is 79.9. The van der Waals surface area contributed by atoms with Crippen molar-refractivity contribution in [1.29, 1.82) is 0 Å². The van der Waals surface area contributed by atoms with Gasteiger partial charge in [-0.15, -0.1) is 0 Å². The van der Waals surface area contributed by atoms with E-state index in [2.05, 4.69) is 20.7 Å². The zero-order valence-corrected chi connectivity index (χ0v) is 16.5. The molecule has 0 radical (unpaired) electrons. The van der Waals surface area contributed by atoms with Crippen molar-refractivity contribution in [2.45, 2.75) is 4.90 Å². The molecule has 0 atom stereocenters. The van der Waals surface area contributed by atoms with Crippen molar-refractivity contribution < 1.29 is 26.0 Å². The smallest absolute Gasteiger partial charge is 0.255 e. The van der Waals surface area contributed by atoms with Crippen LogP contribution in [0.5, 0.6) is 5.75 Å². The van der Waals surface area contributed by atoms with E-state index in [0.717, 1.165) is 17.5 Å². The second kappa shape index (κ2) is 7.74. The topological polar surface area (TPSA) is 116 Å². The molecule has 0 aromatic heterocycles. The summed E-state index contributed by atoms with van der Waals surface area (Å²) < 4.78 is 68.7. The molecule has 0 saturated carbocycles. The molecule has 3 N–H and O–H groups in total. The minimum absolute atomic E-state index is 0.361. The average molecular weight is 465 g/mol. The molecule has 2 aromatic rings. The Morgan fingerprint density at radius 1 is 1.15 bits per heavy atom. The molecule has 26 heavy (non-hydrogen) atoms. The highest BCUT2D eigenvalue weighted by Crippen LogP contribution is 2.26. The molecule has 0 aliphatic rings. The quantitative estimate of drug-likeness (QED) is 0.681. The highest BCUT2D eigenvalue weighted by Gasteiger charge is 2.18. The molecule has 0 unspecified atom stereocenters. The summed E-state index contributed by atoms with van der Waals surface area (Å²) in [6.07, 6.45) is 1.27. The van der Waals surface area contributed by atoms with Gasteiger partial charge < -0.3 is 4.74 Å². The summed E-state index contributed by atoms with van der Waals surface area (Å²) in [6, 6.07) is 7.52. The normalized spacial score (nSPS) is 12.3. The summed E-state index contributed by atoms with van der Waals surface area (Å²) in [5, 5.41) is 5.82. The maximum Gasteiger partial charge on any atom is 0.255 e. The van der Waals surface area contributed by atoms with Crippen LogP contribution in [0.1, 0.15) is 5.56 Å². The van der Waals surface area contributed by atoms with E-state index in [4.69, 9.17) is 9.88 Å². The number of hydrogen-bond donors (Lipinski definition) is 2. The molecule has 0 fully saturated rings. The molecule has 0 spiro atoms. The van der Waals surface area contributed by atoms with Gasteiger partial charge in [-0.1, -0.05) is 15.9 Å². The van der Waals surface area contributed by atoms with Gasteiger partial charge in [0.2, 0.25) is 10.0 Å². The number of ether oxygens (including phenoxy) is 1. The minimum atomic E-state index is -4.33. The number of rotatable bonds is 6. The van der Waals surface area contributed by atoms with Gasteiger partial charge in [0.15, 0.2) is 0 Å². The molecular formula is C15H14BrFN2O5S2. The predicted octanol–water partition coefficient (Wildman–Crippen LogP) is 2.66. The standard InChI is InChI=1S/C15H14BrFN2O5S2/c1-24-14-5-2-11(16)8-10(14)6-7-25(20,21)19-13-4-3-12(17)9-15(13)26(18,22)23/h2-9,19H,1H3,(H2,18,22,23). The third kappa shape index (κ3) is 5.27. The summed E-state index contributed by atoms with van der Waals surface area (Å²) in [4.78, 5) is -0.672. The van der Waals surface area contributed by atoms with E-state index >= 15 is 0 Å². The van der Waals surface area contributed by atoms with E-state index in [1.54, 1.807) is 18.2 Å². The summed E-state index contributed by atoms with van der Waals surface area (Å²) in [6.45, 7) is 0. The minimum Gasteiger partial charge on any atom is -0.496 e. The average Bonchev–Trinajstić information content (AvgIpc) is 2.54. The van der Waals surface area contributed by atoms with E-state index in [1.807, 2.05) is 0 Å². The van der Waals surface area contributed by atoms with Gasteiger partial charge in [-0.05, 0) is 42.5 Å². The Balaban J connectivity index is 2.38. The number of benzene rings is 2. The first kappa shape index (κ1) is 20.4. The van der Waals surface area contributed by atoms with E-state index in [-0.39, 0.29) is 5.69 Å². The monoisotopic (exact) mass is 464 g/mol. The van der Waals surface area contributed by atoms with Crippen LogP contribution < -0.4 is 14.6 Å². The zero-order valence-electron chi connectivity index (χ0n) is 13.3. The van der Waals surface area contributed by atoms with Crippen molar-refractivity contribution in [1.82, 2.24) is 0 Å². The molecule has 11 heteroatoms. The van der Waals surface area contributed by atoms with Crippen LogP contribution in [-0.2, 0) is 20.0 Å². The van der Waals surface area contributed by atoms with Gasteiger partial charge in [-0.3, -0.25) is 4.72 Å². The van der Waals surface area contributed by atoms with E-state index < -0.39 is 30.8 Å². The molecular weight excluding hydrogens is 451 g/mol. The van der Waals surface area contributed by atoms with Crippen LogP contribution in [0.15, 0.2) is 51.2 Å².